The van der Waals surface area contributed by atoms with E-state index in [9.17, 15) is 5.11 Å². The average molecular weight is 260 g/mol. The Bertz CT molecular complexity index is 533. The van der Waals surface area contributed by atoms with Gasteiger partial charge in [0.05, 0.1) is 18.0 Å². The molecule has 2 heterocycles. The van der Waals surface area contributed by atoms with Gasteiger partial charge in [-0.3, -0.25) is 4.40 Å². The van der Waals surface area contributed by atoms with Gasteiger partial charge < -0.3 is 10.4 Å². The Hall–Kier alpha value is -1.46. The molecule has 5 heteroatoms. The van der Waals surface area contributed by atoms with Crippen LogP contribution in [0.3, 0.4) is 0 Å². The van der Waals surface area contributed by atoms with E-state index in [0.29, 0.717) is 19.0 Å². The molecule has 1 atom stereocenters. The summed E-state index contributed by atoms with van der Waals surface area (Å²) in [6.45, 7) is 1.36. The zero-order valence-electron chi connectivity index (χ0n) is 11.0. The van der Waals surface area contributed by atoms with Crippen molar-refractivity contribution < 1.29 is 5.11 Å². The molecule has 1 aliphatic carbocycles. The summed E-state index contributed by atoms with van der Waals surface area (Å²) in [5.74, 6) is 1.20. The van der Waals surface area contributed by atoms with Crippen LogP contribution in [0.25, 0.3) is 5.78 Å². The van der Waals surface area contributed by atoms with Crippen molar-refractivity contribution in [3.63, 3.8) is 0 Å². The van der Waals surface area contributed by atoms with Gasteiger partial charge in [0.15, 0.2) is 0 Å². The summed E-state index contributed by atoms with van der Waals surface area (Å²) >= 11 is 0. The quantitative estimate of drug-likeness (QED) is 0.852. The SMILES string of the molecule is OC(CNCc1cnc2ncccn12)C1CCCC1. The Morgan fingerprint density at radius 3 is 3.05 bits per heavy atom. The maximum absolute atomic E-state index is 10.1. The predicted molar refractivity (Wildman–Crippen MR) is 72.7 cm³/mol. The second kappa shape index (κ2) is 5.67. The van der Waals surface area contributed by atoms with Crippen molar-refractivity contribution in [2.75, 3.05) is 6.54 Å². The Morgan fingerprint density at radius 1 is 1.37 bits per heavy atom. The number of fused-ring (bicyclic) bond motifs is 1. The van der Waals surface area contributed by atoms with Crippen molar-refractivity contribution >= 4 is 5.78 Å². The Balaban J connectivity index is 1.54. The molecule has 2 aromatic rings. The van der Waals surface area contributed by atoms with Crippen LogP contribution in [0.15, 0.2) is 24.7 Å². The molecule has 0 aromatic carbocycles. The Kier molecular flexibility index (Phi) is 3.75. The van der Waals surface area contributed by atoms with Gasteiger partial charge >= 0.3 is 0 Å². The molecular formula is C14H20N4O. The topological polar surface area (TPSA) is 62.5 Å². The summed E-state index contributed by atoms with van der Waals surface area (Å²) in [4.78, 5) is 8.43. The van der Waals surface area contributed by atoms with Crippen LogP contribution in [0.5, 0.6) is 0 Å². The number of hydrogen-bond acceptors (Lipinski definition) is 4. The Labute approximate surface area is 112 Å². The molecule has 1 saturated carbocycles. The summed E-state index contributed by atoms with van der Waals surface area (Å²) in [5.41, 5.74) is 1.07. The standard InChI is InChI=1S/C14H20N4O/c19-13(11-4-1-2-5-11)10-15-8-12-9-17-14-16-6-3-7-18(12)14/h3,6-7,9,11,13,15,19H,1-2,4-5,8,10H2. The van der Waals surface area contributed by atoms with E-state index in [0.717, 1.165) is 11.5 Å². The molecule has 0 spiro atoms. The smallest absolute Gasteiger partial charge is 0.233 e. The third-order valence-corrected chi connectivity index (χ3v) is 3.97. The number of aromatic nitrogens is 3. The first kappa shape index (κ1) is 12.6. The zero-order valence-corrected chi connectivity index (χ0v) is 11.0. The fraction of sp³-hybridized carbons (Fsp3) is 0.571. The molecule has 1 aliphatic rings. The lowest BCUT2D eigenvalue weighted by Gasteiger charge is -2.17. The summed E-state index contributed by atoms with van der Waals surface area (Å²) in [6.07, 6.45) is 10.2. The Morgan fingerprint density at radius 2 is 2.21 bits per heavy atom. The van der Waals surface area contributed by atoms with E-state index in [1.54, 1.807) is 6.20 Å². The number of nitrogens with one attached hydrogen (secondary N) is 1. The van der Waals surface area contributed by atoms with E-state index in [4.69, 9.17) is 0 Å². The lowest BCUT2D eigenvalue weighted by atomic mass is 10.0. The van der Waals surface area contributed by atoms with Gasteiger partial charge in [0, 0.05) is 25.5 Å². The molecule has 2 N–H and O–H groups in total. The van der Waals surface area contributed by atoms with Gasteiger partial charge in [0.2, 0.25) is 5.78 Å². The van der Waals surface area contributed by atoms with Crippen LogP contribution in [0.4, 0.5) is 0 Å². The summed E-state index contributed by atoms with van der Waals surface area (Å²) in [5, 5.41) is 13.4. The van der Waals surface area contributed by atoms with E-state index in [2.05, 4.69) is 15.3 Å². The van der Waals surface area contributed by atoms with E-state index >= 15 is 0 Å². The van der Waals surface area contributed by atoms with Gasteiger partial charge in [-0.25, -0.2) is 9.97 Å². The van der Waals surface area contributed by atoms with E-state index in [1.807, 2.05) is 22.9 Å². The molecule has 3 rings (SSSR count). The minimum atomic E-state index is -0.222. The minimum absolute atomic E-state index is 0.222. The highest BCUT2D eigenvalue weighted by molar-refractivity contribution is 5.30. The number of nitrogens with zero attached hydrogens (tertiary/aromatic N) is 3. The van der Waals surface area contributed by atoms with Gasteiger partial charge in [-0.2, -0.15) is 0 Å². The molecule has 0 amide bonds. The first-order chi connectivity index (χ1) is 9.34. The highest BCUT2D eigenvalue weighted by Crippen LogP contribution is 2.27. The molecule has 1 fully saturated rings. The zero-order chi connectivity index (χ0) is 13.1. The average Bonchev–Trinajstić information content (AvgIpc) is 3.08. The highest BCUT2D eigenvalue weighted by Gasteiger charge is 2.22. The van der Waals surface area contributed by atoms with Gasteiger partial charge in [-0.15, -0.1) is 0 Å². The lowest BCUT2D eigenvalue weighted by Crippen LogP contribution is -2.31. The van der Waals surface area contributed by atoms with Crippen molar-refractivity contribution in [3.8, 4) is 0 Å². The van der Waals surface area contributed by atoms with Crippen LogP contribution < -0.4 is 5.32 Å². The van der Waals surface area contributed by atoms with Gasteiger partial charge in [0.25, 0.3) is 0 Å². The largest absolute Gasteiger partial charge is 0.392 e. The van der Waals surface area contributed by atoms with Crippen molar-refractivity contribution in [1.82, 2.24) is 19.7 Å². The second-order valence-electron chi connectivity index (χ2n) is 5.28. The highest BCUT2D eigenvalue weighted by atomic mass is 16.3. The molecule has 0 radical (unpaired) electrons. The first-order valence-corrected chi connectivity index (χ1v) is 7.00. The van der Waals surface area contributed by atoms with Crippen LogP contribution in [-0.4, -0.2) is 32.1 Å². The predicted octanol–water partition coefficient (Wildman–Crippen LogP) is 1.37. The fourth-order valence-corrected chi connectivity index (χ4v) is 2.87. The molecule has 102 valence electrons. The fourth-order valence-electron chi connectivity index (χ4n) is 2.87. The van der Waals surface area contributed by atoms with Gasteiger partial charge in [-0.1, -0.05) is 12.8 Å². The van der Waals surface area contributed by atoms with Gasteiger partial charge in [0.1, 0.15) is 0 Å². The maximum Gasteiger partial charge on any atom is 0.233 e. The summed E-state index contributed by atoms with van der Waals surface area (Å²) in [6, 6.07) is 1.89. The normalized spacial score (nSPS) is 18.2. The summed E-state index contributed by atoms with van der Waals surface area (Å²) in [7, 11) is 0. The van der Waals surface area contributed by atoms with Crippen LogP contribution in [-0.2, 0) is 6.54 Å². The summed E-state index contributed by atoms with van der Waals surface area (Å²) < 4.78 is 1.97. The van der Waals surface area contributed by atoms with E-state index in [1.165, 1.54) is 25.7 Å². The third-order valence-electron chi connectivity index (χ3n) is 3.97. The van der Waals surface area contributed by atoms with E-state index in [-0.39, 0.29) is 6.10 Å². The van der Waals surface area contributed by atoms with Crippen molar-refractivity contribution in [3.05, 3.63) is 30.4 Å². The third kappa shape index (κ3) is 2.77. The monoisotopic (exact) mass is 260 g/mol. The number of aliphatic hydroxyl groups is 1. The number of imidazole rings is 1. The van der Waals surface area contributed by atoms with Crippen molar-refractivity contribution in [1.29, 1.82) is 0 Å². The number of aliphatic hydroxyl groups excluding tert-OH is 1. The number of rotatable bonds is 5. The maximum atomic E-state index is 10.1. The van der Waals surface area contributed by atoms with E-state index < -0.39 is 0 Å². The van der Waals surface area contributed by atoms with Crippen LogP contribution in [0, 0.1) is 5.92 Å². The van der Waals surface area contributed by atoms with Crippen LogP contribution in [0.1, 0.15) is 31.4 Å². The molecule has 0 aliphatic heterocycles. The lowest BCUT2D eigenvalue weighted by molar-refractivity contribution is 0.109. The molecule has 5 nitrogen and oxygen atoms in total. The van der Waals surface area contributed by atoms with Crippen LogP contribution in [0.2, 0.25) is 0 Å². The molecule has 19 heavy (non-hydrogen) atoms. The van der Waals surface area contributed by atoms with Crippen molar-refractivity contribution in [2.45, 2.75) is 38.3 Å². The number of hydrogen-bond donors (Lipinski definition) is 2. The molecular weight excluding hydrogens is 240 g/mol. The van der Waals surface area contributed by atoms with Gasteiger partial charge in [-0.05, 0) is 24.8 Å². The molecule has 1 unspecified atom stereocenters. The second-order valence-corrected chi connectivity index (χ2v) is 5.28. The van der Waals surface area contributed by atoms with Crippen molar-refractivity contribution in [2.24, 2.45) is 5.92 Å². The molecule has 0 bridgehead atoms. The molecule has 0 saturated heterocycles. The van der Waals surface area contributed by atoms with Crippen LogP contribution >= 0.6 is 0 Å². The first-order valence-electron chi connectivity index (χ1n) is 7.00. The molecule has 2 aromatic heterocycles. The minimum Gasteiger partial charge on any atom is -0.392 e.